The molecular weight excluding hydrogens is 236 g/mol. The zero-order chi connectivity index (χ0) is 13.2. The van der Waals surface area contributed by atoms with Gasteiger partial charge in [-0.2, -0.15) is 0 Å². The van der Waals surface area contributed by atoms with Crippen LogP contribution >= 0.6 is 0 Å². The Morgan fingerprint density at radius 2 is 2.00 bits per heavy atom. The second kappa shape index (κ2) is 5.51. The Balaban J connectivity index is 1.93. The smallest absolute Gasteiger partial charge is 0.0743 e. The van der Waals surface area contributed by atoms with Crippen LogP contribution in [0.4, 0.5) is 5.69 Å². The average Bonchev–Trinajstić information content (AvgIpc) is 2.59. The standard InChI is InChI=1S/C16H24N2O/c1-12-11-18(15-8-4-5-9-16(15)19)14-7-3-2-6-13(14)10-17-12/h2-3,6-7,12,15-17,19H,4-5,8-11H2,1H3. The van der Waals surface area contributed by atoms with Crippen LogP contribution in [0.15, 0.2) is 24.3 Å². The molecule has 3 unspecified atom stereocenters. The maximum absolute atomic E-state index is 10.4. The van der Waals surface area contributed by atoms with Gasteiger partial charge in [0.15, 0.2) is 0 Å². The summed E-state index contributed by atoms with van der Waals surface area (Å²) in [4.78, 5) is 2.45. The molecule has 0 amide bonds. The number of aliphatic hydroxyl groups excluding tert-OH is 1. The number of hydrogen-bond donors (Lipinski definition) is 2. The molecule has 1 aromatic carbocycles. The molecule has 1 aliphatic carbocycles. The van der Waals surface area contributed by atoms with E-state index < -0.39 is 0 Å². The van der Waals surface area contributed by atoms with Crippen molar-refractivity contribution in [2.45, 2.75) is 57.3 Å². The molecule has 3 rings (SSSR count). The van der Waals surface area contributed by atoms with Gasteiger partial charge in [-0.05, 0) is 31.4 Å². The number of nitrogens with zero attached hydrogens (tertiary/aromatic N) is 1. The molecule has 104 valence electrons. The molecule has 1 aromatic rings. The topological polar surface area (TPSA) is 35.5 Å². The van der Waals surface area contributed by atoms with E-state index in [-0.39, 0.29) is 12.1 Å². The molecule has 0 aromatic heterocycles. The van der Waals surface area contributed by atoms with Gasteiger partial charge in [0.05, 0.1) is 12.1 Å². The van der Waals surface area contributed by atoms with Crippen molar-refractivity contribution >= 4 is 5.69 Å². The van der Waals surface area contributed by atoms with Crippen molar-refractivity contribution in [1.82, 2.24) is 5.32 Å². The molecule has 2 aliphatic rings. The van der Waals surface area contributed by atoms with Gasteiger partial charge >= 0.3 is 0 Å². The maximum Gasteiger partial charge on any atom is 0.0743 e. The van der Waals surface area contributed by atoms with Gasteiger partial charge in [0.2, 0.25) is 0 Å². The third kappa shape index (κ3) is 2.63. The van der Waals surface area contributed by atoms with Crippen LogP contribution in [-0.4, -0.2) is 29.8 Å². The lowest BCUT2D eigenvalue weighted by atomic mass is 9.90. The largest absolute Gasteiger partial charge is 0.391 e. The normalized spacial score (nSPS) is 31.7. The Hall–Kier alpha value is -1.06. The molecule has 1 heterocycles. The number of anilines is 1. The summed E-state index contributed by atoms with van der Waals surface area (Å²) in [6.07, 6.45) is 4.29. The van der Waals surface area contributed by atoms with E-state index in [9.17, 15) is 5.11 Å². The number of benzene rings is 1. The lowest BCUT2D eigenvalue weighted by molar-refractivity contribution is 0.103. The summed E-state index contributed by atoms with van der Waals surface area (Å²) in [5, 5.41) is 13.9. The van der Waals surface area contributed by atoms with Crippen molar-refractivity contribution in [3.05, 3.63) is 29.8 Å². The first-order valence-corrected chi connectivity index (χ1v) is 7.51. The van der Waals surface area contributed by atoms with E-state index in [1.54, 1.807) is 0 Å². The Bertz CT molecular complexity index is 435. The number of hydrogen-bond acceptors (Lipinski definition) is 3. The highest BCUT2D eigenvalue weighted by Gasteiger charge is 2.31. The molecule has 3 atom stereocenters. The summed E-state index contributed by atoms with van der Waals surface area (Å²) in [7, 11) is 0. The van der Waals surface area contributed by atoms with Crippen molar-refractivity contribution < 1.29 is 5.11 Å². The molecule has 19 heavy (non-hydrogen) atoms. The third-order valence-electron chi connectivity index (χ3n) is 4.51. The van der Waals surface area contributed by atoms with Crippen LogP contribution in [0.2, 0.25) is 0 Å². The van der Waals surface area contributed by atoms with Crippen molar-refractivity contribution in [1.29, 1.82) is 0 Å². The van der Waals surface area contributed by atoms with Gasteiger partial charge in [-0.25, -0.2) is 0 Å². The minimum Gasteiger partial charge on any atom is -0.391 e. The van der Waals surface area contributed by atoms with Crippen molar-refractivity contribution in [3.8, 4) is 0 Å². The van der Waals surface area contributed by atoms with E-state index in [1.165, 1.54) is 24.1 Å². The fourth-order valence-corrected chi connectivity index (χ4v) is 3.45. The van der Waals surface area contributed by atoms with Crippen LogP contribution in [0.5, 0.6) is 0 Å². The average molecular weight is 260 g/mol. The molecule has 0 bridgehead atoms. The zero-order valence-corrected chi connectivity index (χ0v) is 11.7. The predicted octanol–water partition coefficient (Wildman–Crippen LogP) is 2.29. The second-order valence-corrected chi connectivity index (χ2v) is 5.98. The lowest BCUT2D eigenvalue weighted by Gasteiger charge is -2.40. The second-order valence-electron chi connectivity index (χ2n) is 5.98. The highest BCUT2D eigenvalue weighted by Crippen LogP contribution is 2.31. The van der Waals surface area contributed by atoms with Crippen LogP contribution in [0.1, 0.15) is 38.2 Å². The van der Waals surface area contributed by atoms with Crippen molar-refractivity contribution in [2.24, 2.45) is 0 Å². The van der Waals surface area contributed by atoms with E-state index in [0.717, 1.165) is 25.9 Å². The molecular formula is C16H24N2O. The number of rotatable bonds is 1. The van der Waals surface area contributed by atoms with Crippen LogP contribution in [0, 0.1) is 0 Å². The quantitative estimate of drug-likeness (QED) is 0.813. The Morgan fingerprint density at radius 1 is 1.21 bits per heavy atom. The number of aliphatic hydroxyl groups is 1. The van der Waals surface area contributed by atoms with E-state index in [4.69, 9.17) is 0 Å². The minimum absolute atomic E-state index is 0.174. The first kappa shape index (κ1) is 12.9. The molecule has 1 fully saturated rings. The number of para-hydroxylation sites is 1. The molecule has 0 radical (unpaired) electrons. The molecule has 3 nitrogen and oxygen atoms in total. The van der Waals surface area contributed by atoms with Gasteiger partial charge < -0.3 is 15.3 Å². The monoisotopic (exact) mass is 260 g/mol. The Labute approximate surface area is 115 Å². The van der Waals surface area contributed by atoms with Gasteiger partial charge in [-0.1, -0.05) is 31.0 Å². The van der Waals surface area contributed by atoms with Crippen LogP contribution in [0.25, 0.3) is 0 Å². The molecule has 2 N–H and O–H groups in total. The molecule has 1 saturated carbocycles. The van der Waals surface area contributed by atoms with Gasteiger partial charge in [0.1, 0.15) is 0 Å². The van der Waals surface area contributed by atoms with Gasteiger partial charge in [0.25, 0.3) is 0 Å². The summed E-state index contributed by atoms with van der Waals surface area (Å²) in [5.41, 5.74) is 2.66. The summed E-state index contributed by atoms with van der Waals surface area (Å²) < 4.78 is 0. The summed E-state index contributed by atoms with van der Waals surface area (Å²) in [6.45, 7) is 4.14. The van der Waals surface area contributed by atoms with E-state index in [2.05, 4.69) is 41.4 Å². The predicted molar refractivity (Wildman–Crippen MR) is 78.4 cm³/mol. The zero-order valence-electron chi connectivity index (χ0n) is 11.7. The van der Waals surface area contributed by atoms with Gasteiger partial charge in [-0.3, -0.25) is 0 Å². The first-order chi connectivity index (χ1) is 9.25. The lowest BCUT2D eigenvalue weighted by Crippen LogP contribution is -2.49. The van der Waals surface area contributed by atoms with E-state index >= 15 is 0 Å². The first-order valence-electron chi connectivity index (χ1n) is 7.51. The van der Waals surface area contributed by atoms with Gasteiger partial charge in [-0.15, -0.1) is 0 Å². The summed E-state index contributed by atoms with van der Waals surface area (Å²) in [6, 6.07) is 9.36. The summed E-state index contributed by atoms with van der Waals surface area (Å²) >= 11 is 0. The SMILES string of the molecule is CC1CN(C2CCCCC2O)c2ccccc2CN1. The fraction of sp³-hybridized carbons (Fsp3) is 0.625. The van der Waals surface area contributed by atoms with E-state index in [0.29, 0.717) is 6.04 Å². The number of nitrogens with one attached hydrogen (secondary N) is 1. The molecule has 0 spiro atoms. The third-order valence-corrected chi connectivity index (χ3v) is 4.51. The van der Waals surface area contributed by atoms with Crippen LogP contribution in [-0.2, 0) is 6.54 Å². The number of fused-ring (bicyclic) bond motifs is 1. The fourth-order valence-electron chi connectivity index (χ4n) is 3.45. The molecule has 3 heteroatoms. The van der Waals surface area contributed by atoms with Crippen molar-refractivity contribution in [2.75, 3.05) is 11.4 Å². The molecule has 1 aliphatic heterocycles. The minimum atomic E-state index is -0.174. The van der Waals surface area contributed by atoms with Gasteiger partial charge in [0, 0.05) is 24.8 Å². The summed E-state index contributed by atoms with van der Waals surface area (Å²) in [5.74, 6) is 0. The van der Waals surface area contributed by atoms with Crippen molar-refractivity contribution in [3.63, 3.8) is 0 Å². The highest BCUT2D eigenvalue weighted by atomic mass is 16.3. The highest BCUT2D eigenvalue weighted by molar-refractivity contribution is 5.55. The molecule has 0 saturated heterocycles. The van der Waals surface area contributed by atoms with Crippen LogP contribution in [0.3, 0.4) is 0 Å². The van der Waals surface area contributed by atoms with E-state index in [1.807, 2.05) is 0 Å². The van der Waals surface area contributed by atoms with Crippen LogP contribution < -0.4 is 10.2 Å². The Kier molecular flexibility index (Phi) is 3.76. The Morgan fingerprint density at radius 3 is 2.84 bits per heavy atom. The maximum atomic E-state index is 10.4.